The van der Waals surface area contributed by atoms with E-state index in [0.717, 1.165) is 28.4 Å². The molecule has 5 nitrogen and oxygen atoms in total. The van der Waals surface area contributed by atoms with E-state index in [1.807, 2.05) is 38.1 Å². The average Bonchev–Trinajstić information content (AvgIpc) is 2.77. The Morgan fingerprint density at radius 3 is 2.45 bits per heavy atom. The molecule has 7 heteroatoms. The van der Waals surface area contributed by atoms with E-state index in [-0.39, 0.29) is 35.8 Å². The number of carbonyl (C=O) groups excluding carboxylic acids is 2. The average molecular weight is 423 g/mol. The zero-order valence-electron chi connectivity index (χ0n) is 17.7. The number of benzene rings is 1. The number of amides is 1. The number of hydrogen-bond donors (Lipinski definition) is 0. The maximum absolute atomic E-state index is 13.6. The van der Waals surface area contributed by atoms with Gasteiger partial charge in [-0.1, -0.05) is 19.1 Å². The van der Waals surface area contributed by atoms with Crippen LogP contribution in [0.2, 0.25) is 0 Å². The van der Waals surface area contributed by atoms with Crippen molar-refractivity contribution in [1.29, 1.82) is 0 Å². The van der Waals surface area contributed by atoms with E-state index in [1.54, 1.807) is 24.2 Å². The summed E-state index contributed by atoms with van der Waals surface area (Å²) >= 11 is 0. The van der Waals surface area contributed by atoms with Crippen LogP contribution in [-0.4, -0.2) is 28.7 Å². The van der Waals surface area contributed by atoms with Gasteiger partial charge in [0.15, 0.2) is 5.78 Å². The molecule has 0 aliphatic carbocycles. The highest BCUT2D eigenvalue weighted by molar-refractivity contribution is 5.95. The summed E-state index contributed by atoms with van der Waals surface area (Å²) in [5.74, 6) is -1.99. The second-order valence-electron chi connectivity index (χ2n) is 7.24. The minimum absolute atomic E-state index is 0.0352. The number of aryl methyl sites for hydroxylation is 2. The number of aromatic nitrogens is 2. The number of anilines is 1. The zero-order valence-corrected chi connectivity index (χ0v) is 17.7. The van der Waals surface area contributed by atoms with Gasteiger partial charge < -0.3 is 4.90 Å². The van der Waals surface area contributed by atoms with E-state index >= 15 is 0 Å². The highest BCUT2D eigenvalue weighted by atomic mass is 19.1. The first kappa shape index (κ1) is 22.2. The molecule has 31 heavy (non-hydrogen) atoms. The van der Waals surface area contributed by atoms with Crippen molar-refractivity contribution in [2.24, 2.45) is 0 Å². The fourth-order valence-electron chi connectivity index (χ4n) is 3.28. The predicted molar refractivity (Wildman–Crippen MR) is 115 cm³/mol. The number of carbonyl (C=O) groups is 2. The summed E-state index contributed by atoms with van der Waals surface area (Å²) in [7, 11) is 1.75. The molecule has 0 atom stereocenters. The van der Waals surface area contributed by atoms with Crippen LogP contribution in [0.25, 0.3) is 11.1 Å². The van der Waals surface area contributed by atoms with Gasteiger partial charge in [-0.15, -0.1) is 0 Å². The van der Waals surface area contributed by atoms with Crippen LogP contribution in [0.1, 0.15) is 41.4 Å². The molecule has 2 heterocycles. The lowest BCUT2D eigenvalue weighted by Crippen LogP contribution is -2.25. The van der Waals surface area contributed by atoms with Crippen LogP contribution in [0.3, 0.4) is 0 Å². The van der Waals surface area contributed by atoms with Gasteiger partial charge in [-0.2, -0.15) is 13.8 Å². The maximum Gasteiger partial charge on any atom is 0.226 e. The van der Waals surface area contributed by atoms with E-state index < -0.39 is 11.9 Å². The first-order valence-corrected chi connectivity index (χ1v) is 9.98. The highest BCUT2D eigenvalue weighted by Gasteiger charge is 2.13. The second-order valence-corrected chi connectivity index (χ2v) is 7.24. The largest absolute Gasteiger partial charge is 0.316 e. The molecule has 2 aromatic heterocycles. The van der Waals surface area contributed by atoms with E-state index in [0.29, 0.717) is 6.42 Å². The summed E-state index contributed by atoms with van der Waals surface area (Å²) in [6, 6.07) is 11.5. The number of halogens is 2. The number of hydrogen-bond acceptors (Lipinski definition) is 4. The maximum atomic E-state index is 13.6. The number of pyridine rings is 2. The van der Waals surface area contributed by atoms with Crippen molar-refractivity contribution in [1.82, 2.24) is 9.97 Å². The summed E-state index contributed by atoms with van der Waals surface area (Å²) in [6.07, 6.45) is 2.21. The van der Waals surface area contributed by atoms with Gasteiger partial charge >= 0.3 is 0 Å². The minimum atomic E-state index is -0.902. The number of ketones is 1. The van der Waals surface area contributed by atoms with Crippen molar-refractivity contribution in [3.05, 3.63) is 77.4 Å². The monoisotopic (exact) mass is 423 g/mol. The molecule has 1 aromatic carbocycles. The predicted octanol–water partition coefficient (Wildman–Crippen LogP) is 4.92. The Kier molecular flexibility index (Phi) is 6.84. The fourth-order valence-corrected chi connectivity index (χ4v) is 3.28. The van der Waals surface area contributed by atoms with Crippen LogP contribution >= 0.6 is 0 Å². The van der Waals surface area contributed by atoms with Crippen LogP contribution in [0, 0.1) is 18.8 Å². The summed E-state index contributed by atoms with van der Waals surface area (Å²) in [6.45, 7) is 3.77. The number of rotatable bonds is 7. The number of nitrogens with zero attached hydrogens (tertiary/aromatic N) is 3. The molecule has 3 rings (SSSR count). The quantitative estimate of drug-likeness (QED) is 0.400. The second kappa shape index (κ2) is 9.55. The Hall–Kier alpha value is -3.48. The summed E-state index contributed by atoms with van der Waals surface area (Å²) in [4.78, 5) is 33.3. The Morgan fingerprint density at radius 1 is 1.06 bits per heavy atom. The first-order chi connectivity index (χ1) is 14.8. The smallest absolute Gasteiger partial charge is 0.226 e. The lowest BCUT2D eigenvalue weighted by atomic mass is 10.00. The molecule has 0 unspecified atom stereocenters. The molecular weight excluding hydrogens is 400 g/mol. The molecule has 1 amide bonds. The first-order valence-electron chi connectivity index (χ1n) is 9.98. The minimum Gasteiger partial charge on any atom is -0.316 e. The lowest BCUT2D eigenvalue weighted by Gasteiger charge is -2.18. The summed E-state index contributed by atoms with van der Waals surface area (Å²) in [5, 5.41) is 0. The third-order valence-electron chi connectivity index (χ3n) is 5.15. The van der Waals surface area contributed by atoms with Crippen molar-refractivity contribution in [2.75, 3.05) is 11.9 Å². The third kappa shape index (κ3) is 5.17. The number of Topliss-reactive ketones (excluding diaryl/α,β-unsaturated/α-hetero) is 1. The molecule has 3 aromatic rings. The molecule has 0 aliphatic heterocycles. The standard InChI is InChI=1S/C24H23F2N3O2/c1-4-23(31)29(3)18-8-9-19(15(2)13-18)17-5-10-20(27-14-17)21(30)11-6-16-7-12-22(25)28-24(16)26/h5,7-10,12-14H,4,6,11H2,1-3H3. The molecule has 0 spiro atoms. The third-order valence-corrected chi connectivity index (χ3v) is 5.15. The highest BCUT2D eigenvalue weighted by Crippen LogP contribution is 2.27. The molecule has 160 valence electrons. The van der Waals surface area contributed by atoms with Crippen LogP contribution in [0.5, 0.6) is 0 Å². The normalized spacial score (nSPS) is 10.7. The summed E-state index contributed by atoms with van der Waals surface area (Å²) < 4.78 is 26.5. The van der Waals surface area contributed by atoms with Crippen molar-refractivity contribution >= 4 is 17.4 Å². The van der Waals surface area contributed by atoms with Crippen LogP contribution < -0.4 is 4.90 Å². The van der Waals surface area contributed by atoms with Crippen LogP contribution in [0.15, 0.2) is 48.7 Å². The summed E-state index contributed by atoms with van der Waals surface area (Å²) in [5.41, 5.74) is 4.06. The van der Waals surface area contributed by atoms with E-state index in [9.17, 15) is 18.4 Å². The van der Waals surface area contributed by atoms with Gasteiger partial charge in [-0.3, -0.25) is 14.6 Å². The van der Waals surface area contributed by atoms with E-state index in [2.05, 4.69) is 9.97 Å². The van der Waals surface area contributed by atoms with Crippen LogP contribution in [-0.2, 0) is 11.2 Å². The molecule has 0 saturated heterocycles. The Balaban J connectivity index is 1.70. The topological polar surface area (TPSA) is 63.2 Å². The molecular formula is C24H23F2N3O2. The molecule has 0 aliphatic rings. The lowest BCUT2D eigenvalue weighted by molar-refractivity contribution is -0.118. The Labute approximate surface area is 179 Å². The van der Waals surface area contributed by atoms with Gasteiger partial charge in [0.1, 0.15) is 5.69 Å². The van der Waals surface area contributed by atoms with E-state index in [1.165, 1.54) is 6.07 Å². The van der Waals surface area contributed by atoms with Gasteiger partial charge in [-0.25, -0.2) is 0 Å². The van der Waals surface area contributed by atoms with Crippen molar-refractivity contribution in [2.45, 2.75) is 33.1 Å². The molecule has 0 saturated carbocycles. The van der Waals surface area contributed by atoms with Gasteiger partial charge in [0.25, 0.3) is 0 Å². The van der Waals surface area contributed by atoms with Gasteiger partial charge in [0.05, 0.1) is 0 Å². The van der Waals surface area contributed by atoms with Crippen molar-refractivity contribution in [3.8, 4) is 11.1 Å². The van der Waals surface area contributed by atoms with E-state index in [4.69, 9.17) is 0 Å². The van der Waals surface area contributed by atoms with Crippen molar-refractivity contribution in [3.63, 3.8) is 0 Å². The van der Waals surface area contributed by atoms with Crippen LogP contribution in [0.4, 0.5) is 14.5 Å². The van der Waals surface area contributed by atoms with Gasteiger partial charge in [-0.05, 0) is 54.8 Å². The molecule has 0 bridgehead atoms. The molecule has 0 N–H and O–H groups in total. The Morgan fingerprint density at radius 2 is 1.84 bits per heavy atom. The zero-order chi connectivity index (χ0) is 22.5. The van der Waals surface area contributed by atoms with Gasteiger partial charge in [0, 0.05) is 42.9 Å². The van der Waals surface area contributed by atoms with Gasteiger partial charge in [0.2, 0.25) is 17.8 Å². The SMILES string of the molecule is CCC(=O)N(C)c1ccc(-c2ccc(C(=O)CCc3ccc(F)nc3F)nc2)c(C)c1. The molecule has 0 fully saturated rings. The molecule has 0 radical (unpaired) electrons. The Bertz CT molecular complexity index is 1110. The fraction of sp³-hybridized carbons (Fsp3) is 0.250. The van der Waals surface area contributed by atoms with Crippen molar-refractivity contribution < 1.29 is 18.4 Å².